The lowest BCUT2D eigenvalue weighted by Gasteiger charge is -2.34. The van der Waals surface area contributed by atoms with E-state index in [1.54, 1.807) is 0 Å². The summed E-state index contributed by atoms with van der Waals surface area (Å²) in [6.45, 7) is 15.2. The molecular formula is C19H38N2O4Si. The molecule has 0 rings (SSSR count). The lowest BCUT2D eigenvalue weighted by Crippen LogP contribution is -2.43. The van der Waals surface area contributed by atoms with Crippen molar-refractivity contribution in [3.05, 3.63) is 0 Å². The van der Waals surface area contributed by atoms with Crippen molar-refractivity contribution >= 4 is 20.5 Å². The molecule has 2 amide bonds. The lowest BCUT2D eigenvalue weighted by molar-refractivity contribution is 0.151. The fourth-order valence-corrected chi connectivity index (χ4v) is 9.06. The number of nitrogens with zero attached hydrogens (tertiary/aromatic N) is 2. The second-order valence-corrected chi connectivity index (χ2v) is 12.2. The number of hydrogen-bond acceptors (Lipinski definition) is 4. The van der Waals surface area contributed by atoms with Gasteiger partial charge in [0, 0.05) is 0 Å². The predicted octanol–water partition coefficient (Wildman–Crippen LogP) is 6.82. The molecule has 0 saturated carbocycles. The van der Waals surface area contributed by atoms with Gasteiger partial charge in [0.05, 0.1) is 6.61 Å². The summed E-state index contributed by atoms with van der Waals surface area (Å²) in [6, 6.07) is 2.68. The summed E-state index contributed by atoms with van der Waals surface area (Å²) in [6.07, 6.45) is 1.22. The molecule has 0 heterocycles. The van der Waals surface area contributed by atoms with Crippen LogP contribution in [0, 0.1) is 17.8 Å². The van der Waals surface area contributed by atoms with Crippen LogP contribution in [0.25, 0.3) is 0 Å². The van der Waals surface area contributed by atoms with Crippen LogP contribution < -0.4 is 0 Å². The number of carbonyl (C=O) groups excluding carboxylic acids is 2. The smallest absolute Gasteiger partial charge is 0.452 e. The molecule has 0 N–H and O–H groups in total. The molecule has 26 heavy (non-hydrogen) atoms. The van der Waals surface area contributed by atoms with Gasteiger partial charge >= 0.3 is 12.2 Å². The van der Waals surface area contributed by atoms with E-state index in [-0.39, 0.29) is 0 Å². The molecule has 0 fully saturated rings. The number of amides is 2. The van der Waals surface area contributed by atoms with Crippen molar-refractivity contribution in [2.24, 2.45) is 28.0 Å². The first kappa shape index (κ1) is 24.8. The molecule has 0 saturated heterocycles. The van der Waals surface area contributed by atoms with E-state index in [1.807, 2.05) is 0 Å². The van der Waals surface area contributed by atoms with Gasteiger partial charge in [-0.3, -0.25) is 0 Å². The van der Waals surface area contributed by atoms with E-state index < -0.39 is 20.5 Å². The van der Waals surface area contributed by atoms with Crippen molar-refractivity contribution in [3.8, 4) is 0 Å². The molecule has 0 atom stereocenters. The Kier molecular flexibility index (Phi) is 12.4. The first-order valence-electron chi connectivity index (χ1n) is 9.91. The van der Waals surface area contributed by atoms with E-state index in [4.69, 9.17) is 9.16 Å². The molecule has 0 aliphatic rings. The molecule has 152 valence electrons. The summed E-state index contributed by atoms with van der Waals surface area (Å²) in [4.78, 5) is 23.8. The van der Waals surface area contributed by atoms with Gasteiger partial charge in [-0.05, 0) is 42.3 Å². The Labute approximate surface area is 160 Å². The van der Waals surface area contributed by atoms with E-state index >= 15 is 0 Å². The second kappa shape index (κ2) is 13.0. The monoisotopic (exact) mass is 386 g/mol. The van der Waals surface area contributed by atoms with Crippen LogP contribution in [0.1, 0.15) is 67.7 Å². The molecule has 0 aromatic heterocycles. The highest BCUT2D eigenvalue weighted by Gasteiger charge is 2.40. The van der Waals surface area contributed by atoms with Gasteiger partial charge < -0.3 is 9.16 Å². The Hall–Kier alpha value is -1.24. The number of hydrogen-bond donors (Lipinski definition) is 0. The molecule has 0 radical (unpaired) electrons. The van der Waals surface area contributed by atoms with Crippen molar-refractivity contribution < 1.29 is 18.8 Å². The zero-order chi connectivity index (χ0) is 20.2. The van der Waals surface area contributed by atoms with E-state index in [2.05, 4.69) is 58.7 Å². The fourth-order valence-electron chi connectivity index (χ4n) is 3.43. The number of ether oxygens (including phenoxy) is 1. The van der Waals surface area contributed by atoms with E-state index in [9.17, 15) is 9.59 Å². The van der Waals surface area contributed by atoms with Crippen LogP contribution in [0.5, 0.6) is 0 Å². The van der Waals surface area contributed by atoms with Gasteiger partial charge in [0.1, 0.15) is 0 Å². The minimum absolute atomic E-state index is 0.299. The third kappa shape index (κ3) is 12.2. The Bertz CT molecular complexity index is 424. The molecule has 0 unspecified atom stereocenters. The van der Waals surface area contributed by atoms with Gasteiger partial charge in [0.2, 0.25) is 0 Å². The van der Waals surface area contributed by atoms with Crippen molar-refractivity contribution in [1.82, 2.24) is 0 Å². The van der Waals surface area contributed by atoms with Crippen molar-refractivity contribution in [2.45, 2.75) is 85.9 Å². The summed E-state index contributed by atoms with van der Waals surface area (Å²) < 4.78 is 10.8. The normalized spacial score (nSPS) is 12.4. The predicted molar refractivity (Wildman–Crippen MR) is 107 cm³/mol. The molecule has 0 aliphatic carbocycles. The summed E-state index contributed by atoms with van der Waals surface area (Å²) in [7, 11) is -2.31. The third-order valence-corrected chi connectivity index (χ3v) is 9.12. The number of rotatable bonds is 11. The second-order valence-electron chi connectivity index (χ2n) is 8.37. The van der Waals surface area contributed by atoms with Crippen LogP contribution in [0.3, 0.4) is 0 Å². The Morgan fingerprint density at radius 1 is 0.808 bits per heavy atom. The van der Waals surface area contributed by atoms with Gasteiger partial charge in [-0.15, -0.1) is 0 Å². The van der Waals surface area contributed by atoms with Crippen molar-refractivity contribution in [1.29, 1.82) is 0 Å². The van der Waals surface area contributed by atoms with E-state index in [0.717, 1.165) is 37.4 Å². The van der Waals surface area contributed by atoms with Crippen LogP contribution >= 0.6 is 0 Å². The average Bonchev–Trinajstić information content (AvgIpc) is 2.47. The maximum Gasteiger partial charge on any atom is 0.452 e. The fraction of sp³-hybridized carbons (Fsp3) is 0.895. The maximum absolute atomic E-state index is 12.2. The van der Waals surface area contributed by atoms with Crippen LogP contribution in [-0.2, 0) is 9.16 Å². The molecule has 7 heteroatoms. The molecule has 0 aliphatic heterocycles. The molecule has 0 aromatic carbocycles. The topological polar surface area (TPSA) is 77.3 Å². The molecular weight excluding hydrogens is 348 g/mol. The summed E-state index contributed by atoms with van der Waals surface area (Å²) in [5, 5.41) is 6.81. The van der Waals surface area contributed by atoms with Crippen LogP contribution in [0.2, 0.25) is 18.1 Å². The third-order valence-electron chi connectivity index (χ3n) is 3.83. The first-order valence-corrected chi connectivity index (χ1v) is 12.4. The van der Waals surface area contributed by atoms with Gasteiger partial charge in [0.25, 0.3) is 8.32 Å². The first-order chi connectivity index (χ1) is 12.1. The lowest BCUT2D eigenvalue weighted by atomic mass is 10.2. The number of unbranched alkanes of at least 4 members (excludes halogenated alkanes) is 2. The van der Waals surface area contributed by atoms with Gasteiger partial charge in [-0.2, -0.15) is 0 Å². The molecule has 0 spiro atoms. The van der Waals surface area contributed by atoms with Gasteiger partial charge in [-0.25, -0.2) is 9.59 Å². The van der Waals surface area contributed by atoms with Crippen molar-refractivity contribution in [3.63, 3.8) is 0 Å². The highest BCUT2D eigenvalue weighted by Crippen LogP contribution is 2.33. The van der Waals surface area contributed by atoms with Gasteiger partial charge in [0.15, 0.2) is 0 Å². The van der Waals surface area contributed by atoms with E-state index in [1.165, 1.54) is 0 Å². The van der Waals surface area contributed by atoms with Crippen LogP contribution in [0.4, 0.5) is 9.59 Å². The summed E-state index contributed by atoms with van der Waals surface area (Å²) in [5.41, 5.74) is 0. The average molecular weight is 387 g/mol. The molecule has 0 aromatic rings. The Morgan fingerprint density at radius 3 is 1.69 bits per heavy atom. The Morgan fingerprint density at radius 2 is 1.27 bits per heavy atom. The largest absolute Gasteiger partial charge is 0.501 e. The zero-order valence-corrected chi connectivity index (χ0v) is 18.7. The van der Waals surface area contributed by atoms with Crippen LogP contribution in [-0.4, -0.2) is 27.1 Å². The van der Waals surface area contributed by atoms with Gasteiger partial charge in [-0.1, -0.05) is 71.5 Å². The number of carbonyl (C=O) groups is 2. The highest BCUT2D eigenvalue weighted by atomic mass is 28.4. The quantitative estimate of drug-likeness (QED) is 0.222. The van der Waals surface area contributed by atoms with Crippen molar-refractivity contribution in [2.75, 3.05) is 6.61 Å². The molecule has 6 nitrogen and oxygen atoms in total. The zero-order valence-electron chi connectivity index (χ0n) is 17.7. The summed E-state index contributed by atoms with van der Waals surface area (Å²) in [5.74, 6) is 1.31. The minimum Gasteiger partial charge on any atom is -0.501 e. The standard InChI is InChI=1S/C19H38N2O4Si/c1-8-9-10-11-24-18(22)20-21-19(23)25-26(12-15(2)3,13-16(4)5)14-17(6)7/h15-17H,8-14H2,1-7H3. The van der Waals surface area contributed by atoms with E-state index in [0.29, 0.717) is 24.4 Å². The minimum atomic E-state index is -2.31. The Balaban J connectivity index is 4.92. The number of azo groups is 1. The van der Waals surface area contributed by atoms with Crippen LogP contribution in [0.15, 0.2) is 10.2 Å². The highest BCUT2D eigenvalue weighted by molar-refractivity contribution is 6.75. The SMILES string of the molecule is CCCCCOC(=O)N=NC(=O)O[Si](CC(C)C)(CC(C)C)CC(C)C. The molecule has 0 bridgehead atoms. The maximum atomic E-state index is 12.2. The summed E-state index contributed by atoms with van der Waals surface area (Å²) >= 11 is 0.